The SMILES string of the molecule is c1cnc2c3c4c(cccc2c1)cc1cccc2c5ccccc5c(c4c12)=N3. The van der Waals surface area contributed by atoms with Crippen LogP contribution in [0.2, 0.25) is 0 Å². The van der Waals surface area contributed by atoms with Crippen LogP contribution in [0.3, 0.4) is 0 Å². The molecule has 0 saturated carbocycles. The minimum atomic E-state index is 0.959. The summed E-state index contributed by atoms with van der Waals surface area (Å²) < 4.78 is 0. The Morgan fingerprint density at radius 1 is 0.536 bits per heavy atom. The third-order valence-corrected chi connectivity index (χ3v) is 5.98. The molecular formula is C26H14N2. The molecule has 2 heterocycles. The van der Waals surface area contributed by atoms with Crippen LogP contribution in [0, 0.1) is 0 Å². The van der Waals surface area contributed by atoms with Crippen LogP contribution >= 0.6 is 0 Å². The first-order valence-corrected chi connectivity index (χ1v) is 9.53. The lowest BCUT2D eigenvalue weighted by Gasteiger charge is -2.10. The number of benzene rings is 4. The molecule has 0 amide bonds. The van der Waals surface area contributed by atoms with Gasteiger partial charge in [-0.1, -0.05) is 66.7 Å². The number of rotatable bonds is 0. The fraction of sp³-hybridized carbons (Fsp3) is 0. The normalized spacial score (nSPS) is 12.6. The van der Waals surface area contributed by atoms with Gasteiger partial charge in [0.1, 0.15) is 0 Å². The van der Waals surface area contributed by atoms with Crippen LogP contribution in [-0.4, -0.2) is 4.98 Å². The van der Waals surface area contributed by atoms with E-state index in [2.05, 4.69) is 72.8 Å². The molecule has 1 aromatic heterocycles. The topological polar surface area (TPSA) is 25.2 Å². The largest absolute Gasteiger partial charge is 0.254 e. The van der Waals surface area contributed by atoms with Crippen molar-refractivity contribution in [2.75, 3.05) is 0 Å². The van der Waals surface area contributed by atoms with Crippen molar-refractivity contribution in [2.24, 2.45) is 4.99 Å². The van der Waals surface area contributed by atoms with Gasteiger partial charge in [-0.05, 0) is 39.1 Å². The van der Waals surface area contributed by atoms with Gasteiger partial charge in [-0.25, -0.2) is 4.99 Å². The molecular weight excluding hydrogens is 340 g/mol. The highest BCUT2D eigenvalue weighted by molar-refractivity contribution is 6.31. The standard InChI is InChI=1S/C26H14N2/c1-2-11-20-18(10-1)19-12-4-8-16-14-17-7-3-6-15-9-5-13-27-24(15)26-22(17)23(21(16)19)25(20)28-26/h1-14H. The van der Waals surface area contributed by atoms with Crippen molar-refractivity contribution in [1.82, 2.24) is 4.98 Å². The third-order valence-electron chi connectivity index (χ3n) is 5.98. The van der Waals surface area contributed by atoms with Crippen molar-refractivity contribution in [3.05, 3.63) is 90.4 Å². The van der Waals surface area contributed by atoms with Gasteiger partial charge in [-0.15, -0.1) is 0 Å². The van der Waals surface area contributed by atoms with Crippen molar-refractivity contribution >= 4 is 59.7 Å². The van der Waals surface area contributed by atoms with Gasteiger partial charge in [-0.3, -0.25) is 4.98 Å². The van der Waals surface area contributed by atoms with Gasteiger partial charge in [0.15, 0.2) is 0 Å². The van der Waals surface area contributed by atoms with Crippen LogP contribution in [-0.2, 0) is 0 Å². The fourth-order valence-corrected chi connectivity index (χ4v) is 4.85. The van der Waals surface area contributed by atoms with E-state index >= 15 is 0 Å². The van der Waals surface area contributed by atoms with Gasteiger partial charge >= 0.3 is 0 Å². The molecule has 0 fully saturated rings. The number of aromatic nitrogens is 1. The van der Waals surface area contributed by atoms with Crippen molar-refractivity contribution < 1.29 is 0 Å². The van der Waals surface area contributed by atoms with Crippen molar-refractivity contribution in [3.8, 4) is 0 Å². The Hall–Kier alpha value is -3.78. The van der Waals surface area contributed by atoms with Gasteiger partial charge in [0, 0.05) is 27.7 Å². The molecule has 0 bridgehead atoms. The van der Waals surface area contributed by atoms with Crippen LogP contribution in [0.15, 0.2) is 90.1 Å². The number of hydrogen-bond acceptors (Lipinski definition) is 2. The molecule has 0 N–H and O–H groups in total. The summed E-state index contributed by atoms with van der Waals surface area (Å²) in [5, 5.41) is 12.2. The Morgan fingerprint density at radius 3 is 2.18 bits per heavy atom. The lowest BCUT2D eigenvalue weighted by atomic mass is 9.92. The van der Waals surface area contributed by atoms with Crippen molar-refractivity contribution in [2.45, 2.75) is 0 Å². The fourth-order valence-electron chi connectivity index (χ4n) is 4.85. The summed E-state index contributed by atoms with van der Waals surface area (Å²) in [7, 11) is 0. The average Bonchev–Trinajstić information content (AvgIpc) is 3.13. The Bertz CT molecular complexity index is 1710. The highest BCUT2D eigenvalue weighted by atomic mass is 14.8. The number of fused-ring (bicyclic) bond motifs is 5. The van der Waals surface area contributed by atoms with Gasteiger partial charge in [0.2, 0.25) is 0 Å². The van der Waals surface area contributed by atoms with E-state index in [1.54, 1.807) is 0 Å². The minimum absolute atomic E-state index is 0.959. The van der Waals surface area contributed by atoms with Crippen LogP contribution in [0.1, 0.15) is 0 Å². The van der Waals surface area contributed by atoms with E-state index in [4.69, 9.17) is 9.98 Å². The second-order valence-electron chi connectivity index (χ2n) is 7.44. The van der Waals surface area contributed by atoms with E-state index in [0.717, 1.165) is 21.9 Å². The summed E-state index contributed by atoms with van der Waals surface area (Å²) in [6.07, 6.45) is 1.86. The predicted molar refractivity (Wildman–Crippen MR) is 117 cm³/mol. The molecule has 6 aromatic rings. The van der Waals surface area contributed by atoms with E-state index in [9.17, 15) is 0 Å². The maximum absolute atomic E-state index is 5.20. The zero-order valence-corrected chi connectivity index (χ0v) is 15.0. The maximum Gasteiger partial charge on any atom is 0.0985 e. The van der Waals surface area contributed by atoms with Crippen LogP contribution < -0.4 is 5.36 Å². The minimum Gasteiger partial charge on any atom is -0.254 e. The van der Waals surface area contributed by atoms with Crippen LogP contribution in [0.4, 0.5) is 5.69 Å². The van der Waals surface area contributed by atoms with E-state index in [-0.39, 0.29) is 0 Å². The molecule has 5 aromatic carbocycles. The summed E-state index contributed by atoms with van der Waals surface area (Å²) in [4.78, 5) is 9.92. The molecule has 28 heavy (non-hydrogen) atoms. The Balaban J connectivity index is 1.95. The first kappa shape index (κ1) is 14.3. The molecule has 0 radical (unpaired) electrons. The van der Waals surface area contributed by atoms with Crippen LogP contribution in [0.5, 0.6) is 0 Å². The smallest absolute Gasteiger partial charge is 0.0985 e. The summed E-state index contributed by atoms with van der Waals surface area (Å²) in [6.45, 7) is 0. The summed E-state index contributed by atoms with van der Waals surface area (Å²) in [5.74, 6) is 0. The summed E-state index contributed by atoms with van der Waals surface area (Å²) >= 11 is 0. The lowest BCUT2D eigenvalue weighted by molar-refractivity contribution is 1.39. The van der Waals surface area contributed by atoms with E-state index in [1.165, 1.54) is 43.1 Å². The second-order valence-corrected chi connectivity index (χ2v) is 7.44. The third kappa shape index (κ3) is 1.64. The van der Waals surface area contributed by atoms with E-state index in [0.29, 0.717) is 0 Å². The maximum atomic E-state index is 5.20. The molecule has 0 atom stereocenters. The quantitative estimate of drug-likeness (QED) is 0.229. The van der Waals surface area contributed by atoms with E-state index < -0.39 is 0 Å². The molecule has 2 heteroatoms. The molecule has 0 spiro atoms. The second kappa shape index (κ2) is 4.93. The molecule has 1 aliphatic heterocycles. The first-order chi connectivity index (χ1) is 13.9. The molecule has 7 rings (SSSR count). The zero-order valence-electron chi connectivity index (χ0n) is 15.0. The Morgan fingerprint density at radius 2 is 1.25 bits per heavy atom. The summed E-state index contributed by atoms with van der Waals surface area (Å²) in [5.41, 5.74) is 1.95. The predicted octanol–water partition coefficient (Wildman–Crippen LogP) is 6.39. The highest BCUT2D eigenvalue weighted by Gasteiger charge is 2.20. The monoisotopic (exact) mass is 354 g/mol. The van der Waals surface area contributed by atoms with Gasteiger partial charge < -0.3 is 0 Å². The van der Waals surface area contributed by atoms with Gasteiger partial charge in [0.05, 0.1) is 16.6 Å². The molecule has 0 aliphatic carbocycles. The Labute approximate surface area is 160 Å². The van der Waals surface area contributed by atoms with Crippen molar-refractivity contribution in [1.29, 1.82) is 0 Å². The average molecular weight is 354 g/mol. The molecule has 0 unspecified atom stereocenters. The number of nitrogens with zero attached hydrogens (tertiary/aromatic N) is 2. The molecule has 1 aliphatic rings. The molecule has 0 saturated heterocycles. The Kier molecular flexibility index (Phi) is 2.52. The van der Waals surface area contributed by atoms with E-state index in [1.807, 2.05) is 12.3 Å². The molecule has 128 valence electrons. The zero-order chi connectivity index (χ0) is 18.2. The lowest BCUT2D eigenvalue weighted by Crippen LogP contribution is -2.02. The number of pyridine rings is 1. The first-order valence-electron chi connectivity index (χ1n) is 9.53. The molecule has 2 nitrogen and oxygen atoms in total. The number of hydrogen-bond donors (Lipinski definition) is 0. The van der Waals surface area contributed by atoms with Crippen LogP contribution in [0.25, 0.3) is 54.0 Å². The van der Waals surface area contributed by atoms with Gasteiger partial charge in [0.25, 0.3) is 0 Å². The highest BCUT2D eigenvalue weighted by Crippen LogP contribution is 2.42. The van der Waals surface area contributed by atoms with Crippen molar-refractivity contribution in [3.63, 3.8) is 0 Å². The summed E-state index contributed by atoms with van der Waals surface area (Å²) in [6, 6.07) is 28.1. The van der Waals surface area contributed by atoms with Gasteiger partial charge in [-0.2, -0.15) is 0 Å².